The molecule has 2 aromatic carbocycles. The molecule has 0 saturated carbocycles. The number of carbonyl (C=O) groups is 2. The van der Waals surface area contributed by atoms with Gasteiger partial charge in [0.05, 0.1) is 26.5 Å². The van der Waals surface area contributed by atoms with Crippen LogP contribution in [0.5, 0.6) is 17.2 Å². The van der Waals surface area contributed by atoms with Crippen LogP contribution in [0, 0.1) is 5.92 Å². The Hall–Kier alpha value is -3.55. The van der Waals surface area contributed by atoms with Gasteiger partial charge < -0.3 is 19.5 Å². The van der Waals surface area contributed by atoms with Gasteiger partial charge in [0, 0.05) is 5.69 Å². The summed E-state index contributed by atoms with van der Waals surface area (Å²) >= 11 is 0. The summed E-state index contributed by atoms with van der Waals surface area (Å²) in [6.45, 7) is 5.36. The molecule has 160 valence electrons. The quantitative estimate of drug-likeness (QED) is 0.374. The fraction of sp³-hybridized carbons (Fsp3) is 0.318. The smallest absolute Gasteiger partial charge is 0.252 e. The van der Waals surface area contributed by atoms with Crippen molar-refractivity contribution in [3.05, 3.63) is 48.0 Å². The van der Waals surface area contributed by atoms with Crippen LogP contribution in [-0.2, 0) is 9.59 Å². The molecule has 0 aliphatic carbocycles. The van der Waals surface area contributed by atoms with Crippen LogP contribution in [0.25, 0.3) is 0 Å². The van der Waals surface area contributed by atoms with E-state index in [0.29, 0.717) is 28.5 Å². The van der Waals surface area contributed by atoms with Crippen molar-refractivity contribution in [1.29, 1.82) is 0 Å². The molecule has 30 heavy (non-hydrogen) atoms. The molecule has 0 heterocycles. The second kappa shape index (κ2) is 10.8. The maximum atomic E-state index is 12.3. The number of carbonyl (C=O) groups excluding carboxylic acids is 2. The molecule has 0 aromatic heterocycles. The van der Waals surface area contributed by atoms with Crippen molar-refractivity contribution < 1.29 is 23.8 Å². The minimum atomic E-state index is -0.930. The van der Waals surface area contributed by atoms with Crippen LogP contribution in [0.3, 0.4) is 0 Å². The fourth-order valence-corrected chi connectivity index (χ4v) is 2.43. The van der Waals surface area contributed by atoms with Gasteiger partial charge in [-0.2, -0.15) is 5.10 Å². The Kier molecular flexibility index (Phi) is 8.22. The molecule has 8 heteroatoms. The van der Waals surface area contributed by atoms with E-state index in [2.05, 4.69) is 15.8 Å². The summed E-state index contributed by atoms with van der Waals surface area (Å²) in [5.74, 6) is -0.0356. The van der Waals surface area contributed by atoms with E-state index >= 15 is 0 Å². The topological polar surface area (TPSA) is 98.2 Å². The van der Waals surface area contributed by atoms with Gasteiger partial charge in [-0.05, 0) is 68.8 Å². The molecule has 8 nitrogen and oxygen atoms in total. The van der Waals surface area contributed by atoms with Gasteiger partial charge in [-0.3, -0.25) is 9.59 Å². The number of methoxy groups -OCH3 is 2. The van der Waals surface area contributed by atoms with Crippen molar-refractivity contribution in [3.8, 4) is 17.2 Å². The monoisotopic (exact) mass is 413 g/mol. The molecule has 0 aliphatic heterocycles. The first-order chi connectivity index (χ1) is 14.3. The lowest BCUT2D eigenvalue weighted by molar-refractivity contribution is -0.131. The number of benzene rings is 2. The molecule has 0 saturated heterocycles. The highest BCUT2D eigenvalue weighted by Crippen LogP contribution is 2.28. The van der Waals surface area contributed by atoms with Gasteiger partial charge in [-0.25, -0.2) is 5.43 Å². The molecule has 2 amide bonds. The summed E-state index contributed by atoms with van der Waals surface area (Å²) in [6, 6.07) is 12.1. The lowest BCUT2D eigenvalue weighted by Gasteiger charge is -2.13. The van der Waals surface area contributed by atoms with Crippen molar-refractivity contribution in [2.24, 2.45) is 11.0 Å². The molecule has 2 N–H and O–H groups in total. The van der Waals surface area contributed by atoms with E-state index in [1.807, 2.05) is 13.8 Å². The molecule has 0 bridgehead atoms. The molecular weight excluding hydrogens is 386 g/mol. The SMILES string of the molecule is COc1ccc(NC(=O)C(C)C(=O)NN=Cc2ccc(OC(C)C)c(OC)c2)cc1. The third-order valence-electron chi connectivity index (χ3n) is 4.08. The van der Waals surface area contributed by atoms with E-state index in [1.54, 1.807) is 56.7 Å². The average molecular weight is 413 g/mol. The first-order valence-corrected chi connectivity index (χ1v) is 9.46. The molecule has 0 radical (unpaired) electrons. The summed E-state index contributed by atoms with van der Waals surface area (Å²) in [7, 11) is 3.11. The van der Waals surface area contributed by atoms with Gasteiger partial charge in [0.2, 0.25) is 5.91 Å². The zero-order valence-electron chi connectivity index (χ0n) is 17.8. The standard InChI is InChI=1S/C22H27N3O5/c1-14(2)30-19-11-6-16(12-20(19)29-5)13-23-25-22(27)15(3)21(26)24-17-7-9-18(28-4)10-8-17/h6-15H,1-5H3,(H,24,26)(H,25,27). The largest absolute Gasteiger partial charge is 0.497 e. The molecule has 2 aromatic rings. The highest BCUT2D eigenvalue weighted by molar-refractivity contribution is 6.06. The molecule has 0 fully saturated rings. The Bertz CT molecular complexity index is 894. The highest BCUT2D eigenvalue weighted by atomic mass is 16.5. The molecule has 0 spiro atoms. The van der Waals surface area contributed by atoms with Gasteiger partial charge in [0.1, 0.15) is 11.7 Å². The number of amides is 2. The van der Waals surface area contributed by atoms with E-state index in [4.69, 9.17) is 14.2 Å². The molecule has 1 atom stereocenters. The Morgan fingerprint density at radius 3 is 2.23 bits per heavy atom. The van der Waals surface area contributed by atoms with E-state index in [1.165, 1.54) is 13.1 Å². The summed E-state index contributed by atoms with van der Waals surface area (Å²) in [4.78, 5) is 24.5. The lowest BCUT2D eigenvalue weighted by atomic mass is 10.1. The first-order valence-electron chi connectivity index (χ1n) is 9.46. The average Bonchev–Trinajstić information content (AvgIpc) is 2.74. The van der Waals surface area contributed by atoms with Crippen LogP contribution in [-0.4, -0.2) is 38.4 Å². The van der Waals surface area contributed by atoms with Crippen molar-refractivity contribution in [1.82, 2.24) is 5.43 Å². The second-order valence-corrected chi connectivity index (χ2v) is 6.75. The Morgan fingerprint density at radius 1 is 0.933 bits per heavy atom. The Labute approximate surface area is 176 Å². The maximum absolute atomic E-state index is 12.3. The molecular formula is C22H27N3O5. The predicted molar refractivity (Wildman–Crippen MR) is 115 cm³/mol. The number of rotatable bonds is 9. The van der Waals surface area contributed by atoms with Crippen molar-refractivity contribution >= 4 is 23.7 Å². The van der Waals surface area contributed by atoms with Crippen LogP contribution in [0.2, 0.25) is 0 Å². The normalized spacial score (nSPS) is 11.8. The van der Waals surface area contributed by atoms with Crippen molar-refractivity contribution in [2.75, 3.05) is 19.5 Å². The van der Waals surface area contributed by atoms with E-state index in [-0.39, 0.29) is 6.10 Å². The van der Waals surface area contributed by atoms with E-state index < -0.39 is 17.7 Å². The zero-order valence-corrected chi connectivity index (χ0v) is 17.8. The van der Waals surface area contributed by atoms with Gasteiger partial charge in [0.25, 0.3) is 5.91 Å². The third-order valence-corrected chi connectivity index (χ3v) is 4.08. The van der Waals surface area contributed by atoms with Crippen LogP contribution < -0.4 is 25.0 Å². The number of ether oxygens (including phenoxy) is 3. The number of nitrogens with zero attached hydrogens (tertiary/aromatic N) is 1. The van der Waals surface area contributed by atoms with Gasteiger partial charge in [-0.1, -0.05) is 0 Å². The summed E-state index contributed by atoms with van der Waals surface area (Å²) < 4.78 is 16.1. The van der Waals surface area contributed by atoms with Crippen molar-refractivity contribution in [3.63, 3.8) is 0 Å². The number of hydrogen-bond acceptors (Lipinski definition) is 6. The van der Waals surface area contributed by atoms with E-state index in [9.17, 15) is 9.59 Å². The minimum absolute atomic E-state index is 0.0169. The van der Waals surface area contributed by atoms with Crippen LogP contribution >= 0.6 is 0 Å². The van der Waals surface area contributed by atoms with Crippen LogP contribution in [0.4, 0.5) is 5.69 Å². The Balaban J connectivity index is 1.93. The third kappa shape index (κ3) is 6.51. The summed E-state index contributed by atoms with van der Waals surface area (Å²) in [5, 5.41) is 6.60. The molecule has 2 rings (SSSR count). The second-order valence-electron chi connectivity index (χ2n) is 6.75. The van der Waals surface area contributed by atoms with Gasteiger partial charge in [-0.15, -0.1) is 0 Å². The van der Waals surface area contributed by atoms with Gasteiger partial charge in [0.15, 0.2) is 11.5 Å². The summed E-state index contributed by atoms with van der Waals surface area (Å²) in [6.07, 6.45) is 1.48. The number of nitrogens with one attached hydrogen (secondary N) is 2. The minimum Gasteiger partial charge on any atom is -0.497 e. The predicted octanol–water partition coefficient (Wildman–Crippen LogP) is 3.22. The fourth-order valence-electron chi connectivity index (χ4n) is 2.43. The van der Waals surface area contributed by atoms with Crippen LogP contribution in [0.15, 0.2) is 47.6 Å². The lowest BCUT2D eigenvalue weighted by Crippen LogP contribution is -2.34. The summed E-state index contributed by atoms with van der Waals surface area (Å²) in [5.41, 5.74) is 3.65. The first kappa shape index (κ1) is 22.7. The number of anilines is 1. The number of hydrazone groups is 1. The maximum Gasteiger partial charge on any atom is 0.252 e. The van der Waals surface area contributed by atoms with Gasteiger partial charge >= 0.3 is 0 Å². The molecule has 0 aliphatic rings. The van der Waals surface area contributed by atoms with Crippen LogP contribution in [0.1, 0.15) is 26.3 Å². The number of hydrogen-bond donors (Lipinski definition) is 2. The van der Waals surface area contributed by atoms with Crippen molar-refractivity contribution in [2.45, 2.75) is 26.9 Å². The van der Waals surface area contributed by atoms with E-state index in [0.717, 1.165) is 0 Å². The highest BCUT2D eigenvalue weighted by Gasteiger charge is 2.21. The molecule has 1 unspecified atom stereocenters. The Morgan fingerprint density at radius 2 is 1.63 bits per heavy atom. The zero-order chi connectivity index (χ0) is 22.1.